The molecular weight excluding hydrogens is 395 g/mol. The molecule has 0 aromatic heterocycles. The van der Waals surface area contributed by atoms with E-state index in [0.717, 1.165) is 39.8 Å². The third kappa shape index (κ3) is 4.55. The number of rotatable bonds is 7. The van der Waals surface area contributed by atoms with E-state index in [0.29, 0.717) is 23.4 Å². The molecule has 30 heavy (non-hydrogen) atoms. The molecule has 0 aliphatic rings. The van der Waals surface area contributed by atoms with E-state index in [-0.39, 0.29) is 5.82 Å². The first-order valence-electron chi connectivity index (χ1n) is 9.94. The minimum absolute atomic E-state index is 0.138. The summed E-state index contributed by atoms with van der Waals surface area (Å²) in [6.07, 6.45) is 3.14. The maximum atomic E-state index is 15.1. The van der Waals surface area contributed by atoms with E-state index in [1.165, 1.54) is 0 Å². The van der Waals surface area contributed by atoms with Gasteiger partial charge in [-0.2, -0.15) is 0 Å². The van der Waals surface area contributed by atoms with Crippen LogP contribution in [-0.2, 0) is 12.8 Å². The summed E-state index contributed by atoms with van der Waals surface area (Å²) in [6.45, 7) is 4.13. The zero-order valence-corrected chi connectivity index (χ0v) is 17.3. The number of hydrogen-bond acceptors (Lipinski definition) is 1. The minimum atomic E-state index is -0.138. The summed E-state index contributed by atoms with van der Waals surface area (Å²) in [6, 6.07) is 25.4. The molecule has 0 heterocycles. The van der Waals surface area contributed by atoms with Crippen molar-refractivity contribution in [3.8, 4) is 16.9 Å². The van der Waals surface area contributed by atoms with Crippen molar-refractivity contribution >= 4 is 22.4 Å². The molecule has 0 atom stereocenters. The van der Waals surface area contributed by atoms with Crippen molar-refractivity contribution in [3.63, 3.8) is 0 Å². The average Bonchev–Trinajstić information content (AvgIpc) is 2.78. The molecule has 0 spiro atoms. The molecule has 0 bridgehead atoms. The fraction of sp³-hybridized carbons (Fsp3) is 0.111. The third-order valence-corrected chi connectivity index (χ3v) is 5.44. The first-order chi connectivity index (χ1) is 14.6. The van der Waals surface area contributed by atoms with E-state index in [9.17, 15) is 0 Å². The van der Waals surface area contributed by atoms with Gasteiger partial charge in [-0.1, -0.05) is 72.8 Å². The molecule has 0 saturated carbocycles. The lowest BCUT2D eigenvalue weighted by atomic mass is 9.97. The number of aryl methyl sites for hydroxylation is 2. The van der Waals surface area contributed by atoms with Gasteiger partial charge in [0.15, 0.2) is 0 Å². The Bertz CT molecular complexity index is 1160. The highest BCUT2D eigenvalue weighted by molar-refractivity contribution is 6.30. The second kappa shape index (κ2) is 9.15. The summed E-state index contributed by atoms with van der Waals surface area (Å²) in [4.78, 5) is 0. The Morgan fingerprint density at radius 3 is 2.30 bits per heavy atom. The summed E-state index contributed by atoms with van der Waals surface area (Å²) in [5.41, 5.74) is 3.99. The number of halogens is 2. The Hall–Kier alpha value is -3.10. The van der Waals surface area contributed by atoms with Gasteiger partial charge in [-0.05, 0) is 70.8 Å². The molecule has 0 unspecified atom stereocenters. The normalized spacial score (nSPS) is 10.9. The monoisotopic (exact) mass is 416 g/mol. The fourth-order valence-electron chi connectivity index (χ4n) is 3.54. The van der Waals surface area contributed by atoms with E-state index < -0.39 is 0 Å². The number of ether oxygens (including phenoxy) is 1. The second-order valence-corrected chi connectivity index (χ2v) is 7.66. The summed E-state index contributed by atoms with van der Waals surface area (Å²) >= 11 is 5.93. The summed E-state index contributed by atoms with van der Waals surface area (Å²) in [7, 11) is 0. The Kier molecular flexibility index (Phi) is 6.15. The Morgan fingerprint density at radius 1 is 0.833 bits per heavy atom. The lowest BCUT2D eigenvalue weighted by Crippen LogP contribution is -1.96. The van der Waals surface area contributed by atoms with Crippen LogP contribution in [-0.4, -0.2) is 6.61 Å². The molecule has 0 saturated heterocycles. The van der Waals surface area contributed by atoms with Crippen LogP contribution in [0.4, 0.5) is 4.39 Å². The van der Waals surface area contributed by atoms with E-state index >= 15 is 4.39 Å². The zero-order valence-electron chi connectivity index (χ0n) is 16.6. The van der Waals surface area contributed by atoms with Crippen LogP contribution < -0.4 is 4.74 Å². The quantitative estimate of drug-likeness (QED) is 0.281. The van der Waals surface area contributed by atoms with Crippen LogP contribution in [0.25, 0.3) is 21.9 Å². The van der Waals surface area contributed by atoms with Crippen molar-refractivity contribution in [2.24, 2.45) is 0 Å². The maximum absolute atomic E-state index is 15.1. The lowest BCUT2D eigenvalue weighted by molar-refractivity contribution is 0.363. The Morgan fingerprint density at radius 2 is 1.57 bits per heavy atom. The molecule has 0 aliphatic carbocycles. The number of benzene rings is 4. The highest BCUT2D eigenvalue weighted by Gasteiger charge is 2.09. The van der Waals surface area contributed by atoms with Crippen LogP contribution in [0, 0.1) is 5.82 Å². The number of hydrogen-bond donors (Lipinski definition) is 0. The molecule has 3 heteroatoms. The van der Waals surface area contributed by atoms with Crippen molar-refractivity contribution in [1.82, 2.24) is 0 Å². The van der Waals surface area contributed by atoms with Crippen LogP contribution in [0.15, 0.2) is 91.5 Å². The zero-order chi connectivity index (χ0) is 20.9. The van der Waals surface area contributed by atoms with Gasteiger partial charge < -0.3 is 4.74 Å². The van der Waals surface area contributed by atoms with Crippen LogP contribution in [0.5, 0.6) is 5.75 Å². The molecule has 150 valence electrons. The summed E-state index contributed by atoms with van der Waals surface area (Å²) in [5.74, 6) is 0.664. The third-order valence-electron chi connectivity index (χ3n) is 5.19. The molecule has 4 aromatic rings. The fourth-order valence-corrected chi connectivity index (χ4v) is 3.66. The van der Waals surface area contributed by atoms with Gasteiger partial charge in [-0.25, -0.2) is 4.39 Å². The first-order valence-corrected chi connectivity index (χ1v) is 10.3. The topological polar surface area (TPSA) is 9.23 Å². The van der Waals surface area contributed by atoms with Gasteiger partial charge in [0.05, 0.1) is 0 Å². The molecule has 4 rings (SSSR count). The Labute approximate surface area is 181 Å². The lowest BCUT2D eigenvalue weighted by Gasteiger charge is -2.10. The average molecular weight is 417 g/mol. The van der Waals surface area contributed by atoms with Crippen molar-refractivity contribution in [3.05, 3.63) is 113 Å². The van der Waals surface area contributed by atoms with Crippen molar-refractivity contribution in [2.45, 2.75) is 12.8 Å². The SMILES string of the molecule is C=CCOc1ccc(-c2ccc3c(F)c(CCc4ccc(Cl)cc4)ccc3c2)cc1. The molecule has 0 radical (unpaired) electrons. The van der Waals surface area contributed by atoms with E-state index in [1.54, 1.807) is 6.08 Å². The van der Waals surface area contributed by atoms with Gasteiger partial charge in [-0.3, -0.25) is 0 Å². The molecule has 0 N–H and O–H groups in total. The van der Waals surface area contributed by atoms with Gasteiger partial charge in [-0.15, -0.1) is 0 Å². The highest BCUT2D eigenvalue weighted by Crippen LogP contribution is 2.29. The van der Waals surface area contributed by atoms with Crippen molar-refractivity contribution < 1.29 is 9.13 Å². The van der Waals surface area contributed by atoms with E-state index in [2.05, 4.69) is 6.58 Å². The standard InChI is InChI=1S/C27H22ClFO/c1-2-17-30-25-14-9-20(10-15-25)22-11-16-26-23(18-22)8-7-21(27(26)29)6-3-19-4-12-24(28)13-5-19/h2,4-5,7-16,18H,1,3,6,17H2. The molecule has 1 nitrogen and oxygen atoms in total. The maximum Gasteiger partial charge on any atom is 0.134 e. The second-order valence-electron chi connectivity index (χ2n) is 7.23. The number of fused-ring (bicyclic) bond motifs is 1. The van der Waals surface area contributed by atoms with Gasteiger partial charge in [0, 0.05) is 10.4 Å². The van der Waals surface area contributed by atoms with E-state index in [4.69, 9.17) is 16.3 Å². The smallest absolute Gasteiger partial charge is 0.134 e. The first kappa shape index (κ1) is 20.2. The molecule has 0 amide bonds. The predicted molar refractivity (Wildman–Crippen MR) is 124 cm³/mol. The van der Waals surface area contributed by atoms with Crippen LogP contribution >= 0.6 is 11.6 Å². The molecular formula is C27H22ClFO. The van der Waals surface area contributed by atoms with Gasteiger partial charge in [0.1, 0.15) is 18.2 Å². The van der Waals surface area contributed by atoms with Crippen molar-refractivity contribution in [2.75, 3.05) is 6.61 Å². The molecule has 4 aromatic carbocycles. The van der Waals surface area contributed by atoms with Gasteiger partial charge in [0.25, 0.3) is 0 Å². The molecule has 0 aliphatic heterocycles. The highest BCUT2D eigenvalue weighted by atomic mass is 35.5. The Balaban J connectivity index is 1.54. The molecule has 0 fully saturated rings. The largest absolute Gasteiger partial charge is 0.490 e. The summed E-state index contributed by atoms with van der Waals surface area (Å²) < 4.78 is 20.6. The summed E-state index contributed by atoms with van der Waals surface area (Å²) in [5, 5.41) is 2.26. The van der Waals surface area contributed by atoms with Crippen LogP contribution in [0.2, 0.25) is 5.02 Å². The van der Waals surface area contributed by atoms with Crippen LogP contribution in [0.1, 0.15) is 11.1 Å². The predicted octanol–water partition coefficient (Wildman–Crippen LogP) is 7.65. The minimum Gasteiger partial charge on any atom is -0.490 e. The van der Waals surface area contributed by atoms with E-state index in [1.807, 2.05) is 78.9 Å². The van der Waals surface area contributed by atoms with Crippen LogP contribution in [0.3, 0.4) is 0 Å². The van der Waals surface area contributed by atoms with Crippen molar-refractivity contribution in [1.29, 1.82) is 0 Å². The van der Waals surface area contributed by atoms with Gasteiger partial charge in [0.2, 0.25) is 0 Å². The van der Waals surface area contributed by atoms with Gasteiger partial charge >= 0.3 is 0 Å².